The molecule has 0 radical (unpaired) electrons. The highest BCUT2D eigenvalue weighted by atomic mass is 16.6. The number of hydrogen-bond donors (Lipinski definition) is 0. The smallest absolute Gasteiger partial charge is 0.310 e. The Balaban J connectivity index is 1.79. The number of hydrogen-bond acceptors (Lipinski definition) is 4. The average molecular weight is 336 g/mol. The molecule has 6 atom stereocenters. The highest BCUT2D eigenvalue weighted by molar-refractivity contribution is 5.78. The van der Waals surface area contributed by atoms with E-state index in [2.05, 4.69) is 41.5 Å². The average Bonchev–Trinajstić information content (AvgIpc) is 2.99. The largest absolute Gasteiger partial charge is 0.458 e. The fourth-order valence-electron chi connectivity index (χ4n) is 5.00. The minimum Gasteiger partial charge on any atom is -0.458 e. The predicted molar refractivity (Wildman–Crippen MR) is 91.1 cm³/mol. The lowest BCUT2D eigenvalue weighted by molar-refractivity contribution is -0.188. The van der Waals surface area contributed by atoms with Gasteiger partial charge in [-0.2, -0.15) is 0 Å². The zero-order valence-corrected chi connectivity index (χ0v) is 16.1. The third kappa shape index (κ3) is 2.76. The van der Waals surface area contributed by atoms with Gasteiger partial charge in [0.1, 0.15) is 11.7 Å². The fourth-order valence-corrected chi connectivity index (χ4v) is 5.00. The van der Waals surface area contributed by atoms with Crippen molar-refractivity contribution >= 4 is 11.9 Å². The maximum atomic E-state index is 13.1. The van der Waals surface area contributed by atoms with Crippen LogP contribution >= 0.6 is 0 Å². The molecule has 3 rings (SSSR count). The van der Waals surface area contributed by atoms with Gasteiger partial charge in [-0.05, 0) is 37.0 Å². The summed E-state index contributed by atoms with van der Waals surface area (Å²) in [5.41, 5.74) is -0.753. The molecular weight excluding hydrogens is 304 g/mol. The first-order valence-corrected chi connectivity index (χ1v) is 9.26. The molecule has 0 aromatic heterocycles. The normalized spacial score (nSPS) is 39.0. The Bertz CT molecular complexity index is 553. The summed E-state index contributed by atoms with van der Waals surface area (Å²) in [5.74, 6) is 0.154. The molecule has 2 saturated carbocycles. The van der Waals surface area contributed by atoms with Crippen molar-refractivity contribution in [3.8, 4) is 0 Å². The molecule has 2 bridgehead atoms. The third-order valence-electron chi connectivity index (χ3n) is 6.39. The van der Waals surface area contributed by atoms with Crippen LogP contribution in [0.1, 0.15) is 67.7 Å². The van der Waals surface area contributed by atoms with Gasteiger partial charge < -0.3 is 9.47 Å². The standard InChI is InChI=1S/C20H32O4/c1-18(2,3)10-14(19(4,5)6)17(22)24-20(7)11-8-12-13(9-11)16(21)23-15(12)20/h11-15H,8-10H2,1-7H3/t11?,12?,13?,14?,15?,20-/m1/s1. The van der Waals surface area contributed by atoms with Crippen molar-refractivity contribution in [1.29, 1.82) is 0 Å². The molecule has 136 valence electrons. The Kier molecular flexibility index (Phi) is 3.86. The Morgan fingerprint density at radius 2 is 1.88 bits per heavy atom. The Morgan fingerprint density at radius 3 is 2.42 bits per heavy atom. The van der Waals surface area contributed by atoms with Crippen molar-refractivity contribution in [2.75, 3.05) is 0 Å². The van der Waals surface area contributed by atoms with Gasteiger partial charge in [-0.15, -0.1) is 0 Å². The molecule has 5 unspecified atom stereocenters. The van der Waals surface area contributed by atoms with Crippen LogP contribution in [0.3, 0.4) is 0 Å². The van der Waals surface area contributed by atoms with Crippen LogP contribution in [0.5, 0.6) is 0 Å². The van der Waals surface area contributed by atoms with Crippen LogP contribution in [0.2, 0.25) is 0 Å². The molecular formula is C20H32O4. The van der Waals surface area contributed by atoms with Crippen LogP contribution in [0.25, 0.3) is 0 Å². The van der Waals surface area contributed by atoms with Crippen LogP contribution < -0.4 is 0 Å². The van der Waals surface area contributed by atoms with Gasteiger partial charge in [0.05, 0.1) is 11.8 Å². The lowest BCUT2D eigenvalue weighted by Crippen LogP contribution is -2.50. The zero-order valence-electron chi connectivity index (χ0n) is 16.1. The van der Waals surface area contributed by atoms with Crippen molar-refractivity contribution < 1.29 is 19.1 Å². The van der Waals surface area contributed by atoms with E-state index in [1.165, 1.54) is 0 Å². The minimum absolute atomic E-state index is 0.0414. The summed E-state index contributed by atoms with van der Waals surface area (Å²) in [6, 6.07) is 0. The van der Waals surface area contributed by atoms with E-state index >= 15 is 0 Å². The topological polar surface area (TPSA) is 52.6 Å². The van der Waals surface area contributed by atoms with E-state index in [0.29, 0.717) is 0 Å². The van der Waals surface area contributed by atoms with E-state index in [0.717, 1.165) is 19.3 Å². The van der Waals surface area contributed by atoms with Gasteiger partial charge in [0.2, 0.25) is 0 Å². The van der Waals surface area contributed by atoms with Gasteiger partial charge in [0.15, 0.2) is 0 Å². The number of carbonyl (C=O) groups excluding carboxylic acids is 2. The SMILES string of the molecule is CC(C)(C)CC(C(=O)O[C@]1(C)C2CC3C(=O)OC1C3C2)C(C)(C)C. The van der Waals surface area contributed by atoms with Crippen molar-refractivity contribution in [3.63, 3.8) is 0 Å². The Morgan fingerprint density at radius 1 is 1.25 bits per heavy atom. The molecule has 0 spiro atoms. The predicted octanol–water partition coefficient (Wildman–Crippen LogP) is 3.97. The molecule has 1 aliphatic heterocycles. The van der Waals surface area contributed by atoms with Crippen molar-refractivity contribution in [2.24, 2.45) is 34.5 Å². The van der Waals surface area contributed by atoms with E-state index in [-0.39, 0.29) is 52.5 Å². The number of rotatable bonds is 3. The van der Waals surface area contributed by atoms with Gasteiger partial charge >= 0.3 is 11.9 Å². The Hall–Kier alpha value is -1.06. The van der Waals surface area contributed by atoms with Crippen LogP contribution in [-0.2, 0) is 19.1 Å². The second-order valence-electron chi connectivity index (χ2n) is 10.6. The number of fused-ring (bicyclic) bond motifs is 1. The van der Waals surface area contributed by atoms with Crippen molar-refractivity contribution in [3.05, 3.63) is 0 Å². The quantitative estimate of drug-likeness (QED) is 0.732. The van der Waals surface area contributed by atoms with Gasteiger partial charge in [-0.25, -0.2) is 0 Å². The van der Waals surface area contributed by atoms with Gasteiger partial charge in [-0.1, -0.05) is 41.5 Å². The molecule has 0 amide bonds. The van der Waals surface area contributed by atoms with Gasteiger partial charge in [0, 0.05) is 11.8 Å². The van der Waals surface area contributed by atoms with E-state index in [4.69, 9.17) is 9.47 Å². The molecule has 3 aliphatic rings. The summed E-state index contributed by atoms with van der Waals surface area (Å²) in [4.78, 5) is 25.1. The van der Waals surface area contributed by atoms with E-state index in [1.807, 2.05) is 6.92 Å². The first-order valence-electron chi connectivity index (χ1n) is 9.26. The molecule has 1 heterocycles. The van der Waals surface area contributed by atoms with Gasteiger partial charge in [-0.3, -0.25) is 9.59 Å². The maximum absolute atomic E-state index is 13.1. The number of esters is 2. The molecule has 4 nitrogen and oxygen atoms in total. The van der Waals surface area contributed by atoms with Crippen molar-refractivity contribution in [1.82, 2.24) is 0 Å². The summed E-state index contributed by atoms with van der Waals surface area (Å²) >= 11 is 0. The molecule has 0 aromatic carbocycles. The highest BCUT2D eigenvalue weighted by Gasteiger charge is 2.69. The third-order valence-corrected chi connectivity index (χ3v) is 6.39. The molecule has 3 fully saturated rings. The van der Waals surface area contributed by atoms with Crippen LogP contribution in [0.15, 0.2) is 0 Å². The molecule has 1 saturated heterocycles. The molecule has 4 heteroatoms. The molecule has 0 N–H and O–H groups in total. The van der Waals surface area contributed by atoms with E-state index in [9.17, 15) is 9.59 Å². The number of carbonyl (C=O) groups is 2. The minimum atomic E-state index is -0.647. The zero-order chi connectivity index (χ0) is 18.1. The molecule has 24 heavy (non-hydrogen) atoms. The lowest BCUT2D eigenvalue weighted by atomic mass is 9.72. The lowest BCUT2D eigenvalue weighted by Gasteiger charge is -2.40. The maximum Gasteiger partial charge on any atom is 0.310 e. The second-order valence-corrected chi connectivity index (χ2v) is 10.6. The monoisotopic (exact) mass is 336 g/mol. The second kappa shape index (κ2) is 5.22. The van der Waals surface area contributed by atoms with E-state index < -0.39 is 5.60 Å². The van der Waals surface area contributed by atoms with Crippen LogP contribution in [0, 0.1) is 34.5 Å². The first kappa shape index (κ1) is 17.8. The first-order chi connectivity index (χ1) is 10.8. The van der Waals surface area contributed by atoms with Crippen molar-refractivity contribution in [2.45, 2.75) is 79.4 Å². The molecule has 0 aromatic rings. The Labute approximate surface area is 145 Å². The van der Waals surface area contributed by atoms with Gasteiger partial charge in [0.25, 0.3) is 0 Å². The molecule has 2 aliphatic carbocycles. The summed E-state index contributed by atoms with van der Waals surface area (Å²) in [5, 5.41) is 0. The summed E-state index contributed by atoms with van der Waals surface area (Å²) < 4.78 is 11.7. The number of ether oxygens (including phenoxy) is 2. The van der Waals surface area contributed by atoms with Crippen LogP contribution in [-0.4, -0.2) is 23.6 Å². The highest BCUT2D eigenvalue weighted by Crippen LogP contribution is 2.60. The van der Waals surface area contributed by atoms with E-state index in [1.54, 1.807) is 0 Å². The summed E-state index contributed by atoms with van der Waals surface area (Å²) in [7, 11) is 0. The van der Waals surface area contributed by atoms with Crippen LogP contribution in [0.4, 0.5) is 0 Å². The fraction of sp³-hybridized carbons (Fsp3) is 0.900. The summed E-state index contributed by atoms with van der Waals surface area (Å²) in [6.45, 7) is 14.7. The summed E-state index contributed by atoms with van der Waals surface area (Å²) in [6.07, 6.45) is 2.30.